The topological polar surface area (TPSA) is 45.9 Å². The van der Waals surface area contributed by atoms with Gasteiger partial charge in [-0.2, -0.15) is 18.4 Å². The number of hydrogen-bond acceptors (Lipinski definition) is 3. The summed E-state index contributed by atoms with van der Waals surface area (Å²) in [5.74, 6) is -0.345. The minimum Gasteiger partial charge on any atom is -0.472 e. The molecule has 0 atom stereocenters. The van der Waals surface area contributed by atoms with Gasteiger partial charge in [0.15, 0.2) is 0 Å². The Morgan fingerprint density at radius 3 is 2.38 bits per heavy atom. The van der Waals surface area contributed by atoms with E-state index in [1.165, 1.54) is 0 Å². The molecule has 0 aliphatic heterocycles. The van der Waals surface area contributed by atoms with E-state index in [2.05, 4.69) is 4.98 Å². The largest absolute Gasteiger partial charge is 0.472 e. The quantitative estimate of drug-likeness (QED) is 0.853. The number of alkyl halides is 3. The van der Waals surface area contributed by atoms with Crippen LogP contribution < -0.4 is 4.74 Å². The molecule has 3 nitrogen and oxygen atoms in total. The lowest BCUT2D eigenvalue weighted by molar-refractivity contribution is -0.141. The summed E-state index contributed by atoms with van der Waals surface area (Å²) in [6.07, 6.45) is -4.59. The molecule has 21 heavy (non-hydrogen) atoms. The molecule has 0 aliphatic rings. The summed E-state index contributed by atoms with van der Waals surface area (Å²) in [6.45, 7) is -0.0137. The summed E-state index contributed by atoms with van der Waals surface area (Å²) in [6, 6.07) is 10.1. The molecule has 108 valence electrons. The Kier molecular flexibility index (Phi) is 4.34. The summed E-state index contributed by atoms with van der Waals surface area (Å²) in [7, 11) is 0. The number of aromatic nitrogens is 1. The number of benzene rings is 1. The number of ether oxygens (including phenoxy) is 1. The average Bonchev–Trinajstić information content (AvgIpc) is 2.45. The molecule has 0 saturated heterocycles. The minimum atomic E-state index is -4.59. The average molecular weight is 313 g/mol. The van der Waals surface area contributed by atoms with E-state index in [0.29, 0.717) is 10.6 Å². The first-order valence-electron chi connectivity index (χ1n) is 5.76. The Hall–Kier alpha value is -2.26. The summed E-state index contributed by atoms with van der Waals surface area (Å²) in [4.78, 5) is 3.35. The number of rotatable bonds is 3. The third-order valence-corrected chi connectivity index (χ3v) is 2.81. The van der Waals surface area contributed by atoms with Crippen LogP contribution >= 0.6 is 11.6 Å². The summed E-state index contributed by atoms with van der Waals surface area (Å²) >= 11 is 5.73. The fourth-order valence-corrected chi connectivity index (χ4v) is 1.65. The Morgan fingerprint density at radius 1 is 1.14 bits per heavy atom. The SMILES string of the molecule is N#Cc1ccc(C(F)(F)F)nc1OCc1ccc(Cl)cc1. The molecule has 1 aromatic carbocycles. The number of halogens is 4. The smallest absolute Gasteiger partial charge is 0.433 e. The highest BCUT2D eigenvalue weighted by Crippen LogP contribution is 2.30. The minimum absolute atomic E-state index is 0.0137. The van der Waals surface area contributed by atoms with Crippen molar-refractivity contribution >= 4 is 11.6 Å². The maximum absolute atomic E-state index is 12.6. The monoisotopic (exact) mass is 312 g/mol. The van der Waals surface area contributed by atoms with Gasteiger partial charge in [-0.25, -0.2) is 4.98 Å². The van der Waals surface area contributed by atoms with Gasteiger partial charge in [-0.15, -0.1) is 0 Å². The first-order valence-corrected chi connectivity index (χ1v) is 6.13. The predicted octanol–water partition coefficient (Wildman–Crippen LogP) is 4.20. The second-order valence-corrected chi connectivity index (χ2v) is 4.51. The second-order valence-electron chi connectivity index (χ2n) is 4.07. The molecule has 1 aromatic heterocycles. The number of nitriles is 1. The molecule has 2 aromatic rings. The molecule has 0 radical (unpaired) electrons. The molecular formula is C14H8ClF3N2O. The third kappa shape index (κ3) is 3.86. The lowest BCUT2D eigenvalue weighted by Crippen LogP contribution is -2.10. The van der Waals surface area contributed by atoms with Gasteiger partial charge in [0.05, 0.1) is 0 Å². The fourth-order valence-electron chi connectivity index (χ4n) is 1.53. The Bertz CT molecular complexity index is 678. The van der Waals surface area contributed by atoms with Gasteiger partial charge in [0, 0.05) is 5.02 Å². The lowest BCUT2D eigenvalue weighted by Gasteiger charge is -2.10. The molecule has 0 spiro atoms. The molecule has 0 saturated carbocycles. The molecule has 0 fully saturated rings. The highest BCUT2D eigenvalue weighted by Gasteiger charge is 2.33. The van der Waals surface area contributed by atoms with Crippen molar-refractivity contribution in [3.05, 3.63) is 58.2 Å². The predicted molar refractivity (Wildman–Crippen MR) is 69.7 cm³/mol. The van der Waals surface area contributed by atoms with Crippen LogP contribution in [0.5, 0.6) is 5.88 Å². The first-order chi connectivity index (χ1) is 9.90. The van der Waals surface area contributed by atoms with Crippen LogP contribution in [0.15, 0.2) is 36.4 Å². The van der Waals surface area contributed by atoms with E-state index in [1.807, 2.05) is 0 Å². The summed E-state index contributed by atoms with van der Waals surface area (Å²) in [5.41, 5.74) is -0.466. The van der Waals surface area contributed by atoms with Gasteiger partial charge in [0.25, 0.3) is 0 Å². The van der Waals surface area contributed by atoms with E-state index in [9.17, 15) is 13.2 Å². The molecule has 0 unspecified atom stereocenters. The van der Waals surface area contributed by atoms with E-state index >= 15 is 0 Å². The van der Waals surface area contributed by atoms with Crippen molar-refractivity contribution in [3.63, 3.8) is 0 Å². The maximum Gasteiger partial charge on any atom is 0.433 e. The molecule has 0 N–H and O–H groups in total. The van der Waals surface area contributed by atoms with Gasteiger partial charge in [-0.05, 0) is 29.8 Å². The van der Waals surface area contributed by atoms with Gasteiger partial charge in [-0.3, -0.25) is 0 Å². The van der Waals surface area contributed by atoms with Crippen LogP contribution in [0.2, 0.25) is 5.02 Å². The van der Waals surface area contributed by atoms with E-state index in [-0.39, 0.29) is 18.1 Å². The molecule has 7 heteroatoms. The van der Waals surface area contributed by atoms with Crippen LogP contribution in [0.25, 0.3) is 0 Å². The number of hydrogen-bond donors (Lipinski definition) is 0. The van der Waals surface area contributed by atoms with E-state index in [0.717, 1.165) is 12.1 Å². The van der Waals surface area contributed by atoms with Crippen LogP contribution in [0.1, 0.15) is 16.8 Å². The van der Waals surface area contributed by atoms with Crippen LogP contribution in [0.3, 0.4) is 0 Å². The van der Waals surface area contributed by atoms with Crippen LogP contribution in [-0.2, 0) is 12.8 Å². The van der Waals surface area contributed by atoms with Crippen molar-refractivity contribution in [3.8, 4) is 11.9 Å². The molecule has 0 aliphatic carbocycles. The lowest BCUT2D eigenvalue weighted by atomic mass is 10.2. The second kappa shape index (κ2) is 6.02. The Morgan fingerprint density at radius 2 is 1.81 bits per heavy atom. The van der Waals surface area contributed by atoms with Crippen molar-refractivity contribution in [2.24, 2.45) is 0 Å². The standard InChI is InChI=1S/C14H8ClF3N2O/c15-11-4-1-9(2-5-11)8-21-13-10(7-19)3-6-12(20-13)14(16,17)18/h1-6H,8H2. The maximum atomic E-state index is 12.6. The van der Waals surface area contributed by atoms with E-state index in [1.54, 1.807) is 30.3 Å². The highest BCUT2D eigenvalue weighted by atomic mass is 35.5. The highest BCUT2D eigenvalue weighted by molar-refractivity contribution is 6.30. The third-order valence-electron chi connectivity index (χ3n) is 2.56. The van der Waals surface area contributed by atoms with Crippen molar-refractivity contribution in [2.75, 3.05) is 0 Å². The van der Waals surface area contributed by atoms with Crippen molar-refractivity contribution in [1.82, 2.24) is 4.98 Å². The zero-order chi connectivity index (χ0) is 15.5. The Balaban J connectivity index is 2.22. The van der Waals surface area contributed by atoms with Crippen LogP contribution in [-0.4, -0.2) is 4.98 Å². The first kappa shape index (κ1) is 15.1. The van der Waals surface area contributed by atoms with Gasteiger partial charge in [0.2, 0.25) is 5.88 Å². The van der Waals surface area contributed by atoms with Gasteiger partial charge >= 0.3 is 6.18 Å². The fraction of sp³-hybridized carbons (Fsp3) is 0.143. The van der Waals surface area contributed by atoms with Crippen molar-refractivity contribution in [2.45, 2.75) is 12.8 Å². The van der Waals surface area contributed by atoms with Gasteiger partial charge in [-0.1, -0.05) is 23.7 Å². The molecule has 1 heterocycles. The molecular weight excluding hydrogens is 305 g/mol. The molecule has 0 amide bonds. The summed E-state index contributed by atoms with van der Waals surface area (Å²) in [5, 5.41) is 9.41. The van der Waals surface area contributed by atoms with E-state index < -0.39 is 11.9 Å². The molecule has 0 bridgehead atoms. The van der Waals surface area contributed by atoms with Gasteiger partial charge < -0.3 is 4.74 Å². The van der Waals surface area contributed by atoms with E-state index in [4.69, 9.17) is 21.6 Å². The number of nitrogens with zero attached hydrogens (tertiary/aromatic N) is 2. The normalized spacial score (nSPS) is 11.0. The van der Waals surface area contributed by atoms with Crippen molar-refractivity contribution < 1.29 is 17.9 Å². The Labute approximate surface area is 123 Å². The van der Waals surface area contributed by atoms with Crippen molar-refractivity contribution in [1.29, 1.82) is 5.26 Å². The van der Waals surface area contributed by atoms with Gasteiger partial charge in [0.1, 0.15) is 23.9 Å². The molecule has 2 rings (SSSR count). The van der Waals surface area contributed by atoms with Crippen LogP contribution in [0.4, 0.5) is 13.2 Å². The number of pyridine rings is 1. The summed E-state index contributed by atoms with van der Waals surface area (Å²) < 4.78 is 43.0. The zero-order valence-corrected chi connectivity index (χ0v) is 11.2. The zero-order valence-electron chi connectivity index (χ0n) is 10.5. The van der Waals surface area contributed by atoms with Crippen LogP contribution in [0, 0.1) is 11.3 Å².